The van der Waals surface area contributed by atoms with Crippen LogP contribution in [0, 0.1) is 20.8 Å². The summed E-state index contributed by atoms with van der Waals surface area (Å²) >= 11 is 1.60. The molecule has 0 aliphatic carbocycles. The lowest BCUT2D eigenvalue weighted by atomic mass is 10.0. The van der Waals surface area contributed by atoms with Crippen molar-refractivity contribution in [2.45, 2.75) is 79.6 Å². The number of nitrogens with zero attached hydrogens (tertiary/aromatic N) is 4. The Morgan fingerprint density at radius 1 is 1.13 bits per heavy atom. The van der Waals surface area contributed by atoms with E-state index < -0.39 is 5.60 Å². The van der Waals surface area contributed by atoms with Crippen molar-refractivity contribution in [3.63, 3.8) is 0 Å². The van der Waals surface area contributed by atoms with Gasteiger partial charge in [0.15, 0.2) is 0 Å². The molecular weight excluding hydrogens is 616 g/mol. The predicted molar refractivity (Wildman–Crippen MR) is 182 cm³/mol. The number of rotatable bonds is 6. The second-order valence-corrected chi connectivity index (χ2v) is 14.7. The zero-order valence-electron chi connectivity index (χ0n) is 28.3. The molecule has 6 rings (SSSR count). The smallest absolute Gasteiger partial charge is 0.410 e. The number of amides is 2. The molecule has 0 bridgehead atoms. The third-order valence-corrected chi connectivity index (χ3v) is 10.1. The van der Waals surface area contributed by atoms with Crippen LogP contribution in [0.15, 0.2) is 29.2 Å². The molecule has 0 spiro atoms. The number of aryl methyl sites for hydroxylation is 2. The quantitative estimate of drug-likeness (QED) is 0.288. The van der Waals surface area contributed by atoms with Crippen LogP contribution in [-0.2, 0) is 29.0 Å². The first-order valence-corrected chi connectivity index (χ1v) is 17.0. The molecule has 1 fully saturated rings. The van der Waals surface area contributed by atoms with Gasteiger partial charge in [-0.05, 0) is 77.8 Å². The molecular formula is C35H44N6O5S. The Balaban J connectivity index is 1.34. The molecule has 2 aliphatic heterocycles. The topological polar surface area (TPSA) is 121 Å². The number of nitrogens with one attached hydrogen (secondary N) is 2. The highest BCUT2D eigenvalue weighted by Crippen LogP contribution is 2.36. The number of hydrogen-bond acceptors (Lipinski definition) is 8. The van der Waals surface area contributed by atoms with Gasteiger partial charge in [0.2, 0.25) is 0 Å². The van der Waals surface area contributed by atoms with Gasteiger partial charge in [-0.15, -0.1) is 11.3 Å². The number of fused-ring (bicyclic) bond motifs is 2. The van der Waals surface area contributed by atoms with Crippen molar-refractivity contribution in [3.8, 4) is 10.6 Å². The first-order chi connectivity index (χ1) is 22.3. The number of thiazole rings is 1. The molecule has 47 heavy (non-hydrogen) atoms. The van der Waals surface area contributed by atoms with E-state index in [0.29, 0.717) is 43.9 Å². The van der Waals surface area contributed by atoms with Crippen LogP contribution in [0.3, 0.4) is 0 Å². The van der Waals surface area contributed by atoms with Gasteiger partial charge in [-0.2, -0.15) is 0 Å². The molecule has 2 N–H and O–H groups in total. The van der Waals surface area contributed by atoms with Crippen LogP contribution in [0.4, 0.5) is 4.79 Å². The lowest BCUT2D eigenvalue weighted by molar-refractivity contribution is 0.0187. The fourth-order valence-electron chi connectivity index (χ4n) is 6.55. The summed E-state index contributed by atoms with van der Waals surface area (Å²) in [5.74, 6) is -0.227. The minimum absolute atomic E-state index is 0.0171. The highest BCUT2D eigenvalue weighted by molar-refractivity contribution is 7.15. The second-order valence-electron chi connectivity index (χ2n) is 13.6. The molecule has 1 unspecified atom stereocenters. The van der Waals surface area contributed by atoms with E-state index in [0.717, 1.165) is 62.3 Å². The van der Waals surface area contributed by atoms with Crippen molar-refractivity contribution < 1.29 is 19.1 Å². The number of aromatic nitrogens is 3. The summed E-state index contributed by atoms with van der Waals surface area (Å²) in [6.45, 7) is 17.6. The lowest BCUT2D eigenvalue weighted by Gasteiger charge is -2.34. The fourth-order valence-corrected chi connectivity index (χ4v) is 7.65. The van der Waals surface area contributed by atoms with Crippen molar-refractivity contribution in [2.24, 2.45) is 0 Å². The molecule has 1 saturated heterocycles. The summed E-state index contributed by atoms with van der Waals surface area (Å²) in [4.78, 5) is 52.2. The number of H-pyrrole nitrogens is 1. The van der Waals surface area contributed by atoms with Gasteiger partial charge in [-0.25, -0.2) is 9.78 Å². The molecule has 2 amide bonds. The number of aromatic amines is 1. The van der Waals surface area contributed by atoms with E-state index in [1.165, 1.54) is 0 Å². The molecule has 0 radical (unpaired) electrons. The van der Waals surface area contributed by atoms with Gasteiger partial charge in [-0.3, -0.25) is 14.5 Å². The molecule has 250 valence electrons. The largest absolute Gasteiger partial charge is 0.444 e. The van der Waals surface area contributed by atoms with Crippen LogP contribution in [0.5, 0.6) is 0 Å². The van der Waals surface area contributed by atoms with Crippen LogP contribution in [0.25, 0.3) is 16.1 Å². The molecule has 2 aliphatic rings. The van der Waals surface area contributed by atoms with Crippen LogP contribution in [0.2, 0.25) is 0 Å². The van der Waals surface area contributed by atoms with E-state index in [-0.39, 0.29) is 30.1 Å². The zero-order chi connectivity index (χ0) is 33.6. The first kappa shape index (κ1) is 32.9. The van der Waals surface area contributed by atoms with E-state index in [1.54, 1.807) is 16.2 Å². The van der Waals surface area contributed by atoms with E-state index in [4.69, 9.17) is 14.5 Å². The van der Waals surface area contributed by atoms with Crippen LogP contribution in [0.1, 0.15) is 82.7 Å². The van der Waals surface area contributed by atoms with E-state index in [2.05, 4.69) is 38.8 Å². The molecule has 4 aromatic heterocycles. The summed E-state index contributed by atoms with van der Waals surface area (Å²) < 4.78 is 13.4. The van der Waals surface area contributed by atoms with Gasteiger partial charge in [0.25, 0.3) is 11.5 Å². The summed E-state index contributed by atoms with van der Waals surface area (Å²) in [7, 11) is 0. The van der Waals surface area contributed by atoms with Gasteiger partial charge in [0.05, 0.1) is 25.5 Å². The highest BCUT2D eigenvalue weighted by Gasteiger charge is 2.29. The predicted octanol–water partition coefficient (Wildman–Crippen LogP) is 5.29. The summed E-state index contributed by atoms with van der Waals surface area (Å²) in [5.41, 5.74) is 6.79. The number of pyridine rings is 2. The number of hydrogen-bond donors (Lipinski definition) is 2. The molecule has 12 heteroatoms. The summed E-state index contributed by atoms with van der Waals surface area (Å²) in [6, 6.07) is 5.93. The lowest BCUT2D eigenvalue weighted by Crippen LogP contribution is -2.39. The number of carbonyl (C=O) groups excluding carboxylic acids is 2. The Labute approximate surface area is 278 Å². The maximum atomic E-state index is 13.8. The van der Waals surface area contributed by atoms with Gasteiger partial charge in [-0.1, -0.05) is 0 Å². The number of carbonyl (C=O) groups is 2. The summed E-state index contributed by atoms with van der Waals surface area (Å²) in [5, 5.41) is 3.89. The van der Waals surface area contributed by atoms with Crippen molar-refractivity contribution in [1.29, 1.82) is 0 Å². The molecule has 11 nitrogen and oxygen atoms in total. The van der Waals surface area contributed by atoms with Gasteiger partial charge in [0, 0.05) is 83.3 Å². The van der Waals surface area contributed by atoms with E-state index in [1.807, 2.05) is 53.7 Å². The number of ether oxygens (including phenoxy) is 2. The zero-order valence-corrected chi connectivity index (χ0v) is 29.1. The Kier molecular flexibility index (Phi) is 9.03. The minimum atomic E-state index is -0.552. The second kappa shape index (κ2) is 12.9. The monoisotopic (exact) mass is 660 g/mol. The first-order valence-electron chi connectivity index (χ1n) is 16.2. The van der Waals surface area contributed by atoms with Crippen LogP contribution >= 0.6 is 11.3 Å². The van der Waals surface area contributed by atoms with E-state index in [9.17, 15) is 14.4 Å². The van der Waals surface area contributed by atoms with Crippen LogP contribution < -0.4 is 10.9 Å². The van der Waals surface area contributed by atoms with Crippen molar-refractivity contribution in [1.82, 2.24) is 29.5 Å². The SMILES string of the molecule is Cc1cc(C)c(CNC(=O)c2cc3cc(-c4nc5c(s4)CN(C(=O)OC(C)(C)C)CC5)cn3c(C(C)N3CCOCC3)c2C)c(=O)[nH]1. The average Bonchev–Trinajstić information content (AvgIpc) is 3.63. The Morgan fingerprint density at radius 3 is 2.57 bits per heavy atom. The fraction of sp³-hybridized carbons (Fsp3) is 0.486. The van der Waals surface area contributed by atoms with Crippen molar-refractivity contribution >= 4 is 28.9 Å². The number of morpholine rings is 1. The minimum Gasteiger partial charge on any atom is -0.444 e. The molecule has 0 aromatic carbocycles. The van der Waals surface area contributed by atoms with Gasteiger partial charge < -0.3 is 29.1 Å². The Bertz CT molecular complexity index is 1890. The highest BCUT2D eigenvalue weighted by atomic mass is 32.1. The molecule has 1 atom stereocenters. The Morgan fingerprint density at radius 2 is 1.87 bits per heavy atom. The normalized spacial score (nSPS) is 16.3. The van der Waals surface area contributed by atoms with Crippen molar-refractivity contribution in [2.75, 3.05) is 32.8 Å². The third kappa shape index (κ3) is 6.86. The maximum Gasteiger partial charge on any atom is 0.410 e. The summed E-state index contributed by atoms with van der Waals surface area (Å²) in [6.07, 6.45) is 2.48. The maximum absolute atomic E-state index is 13.8. The Hall–Kier alpha value is -4.00. The third-order valence-electron chi connectivity index (χ3n) is 8.97. The van der Waals surface area contributed by atoms with Crippen LogP contribution in [-0.4, -0.2) is 74.6 Å². The van der Waals surface area contributed by atoms with E-state index >= 15 is 0 Å². The molecule has 0 saturated carbocycles. The average molecular weight is 661 g/mol. The standard InChI is InChI=1S/C35H44N6O5S/c1-20-14-21(2)37-32(43)27(20)17-36-31(42)26-16-25-15-24(18-41(25)30(22(26)3)23(4)39-10-12-45-13-11-39)33-38-28-8-9-40(19-29(28)47-33)34(44)46-35(5,6)7/h14-16,18,23H,8-13,17,19H2,1-7H3,(H,36,42)(H,37,43). The molecule has 6 heterocycles. The van der Waals surface area contributed by atoms with Gasteiger partial charge in [0.1, 0.15) is 10.6 Å². The van der Waals surface area contributed by atoms with Gasteiger partial charge >= 0.3 is 6.09 Å². The van der Waals surface area contributed by atoms with Crippen molar-refractivity contribution in [3.05, 3.63) is 79.0 Å². The molecule has 4 aromatic rings.